The molecular formula is C14H22N2O. The van der Waals surface area contributed by atoms with Crippen molar-refractivity contribution in [1.82, 2.24) is 9.88 Å². The number of nitrogens with one attached hydrogen (secondary N) is 1. The smallest absolute Gasteiger partial charge is 0.326 e. The van der Waals surface area contributed by atoms with Crippen molar-refractivity contribution in [1.29, 1.82) is 0 Å². The molecule has 1 aromatic heterocycles. The van der Waals surface area contributed by atoms with Gasteiger partial charge >= 0.3 is 6.03 Å². The molecule has 0 aliphatic carbocycles. The van der Waals surface area contributed by atoms with Crippen LogP contribution in [0.5, 0.6) is 0 Å². The largest absolute Gasteiger partial charge is 0.329 e. The Balaban J connectivity index is 2.32. The topological polar surface area (TPSA) is 34.0 Å². The first kappa shape index (κ1) is 12.2. The first-order valence-corrected chi connectivity index (χ1v) is 6.57. The van der Waals surface area contributed by atoms with Crippen LogP contribution in [0.3, 0.4) is 0 Å². The lowest BCUT2D eigenvalue weighted by Gasteiger charge is -2.11. The van der Waals surface area contributed by atoms with Crippen LogP contribution in [-0.2, 0) is 0 Å². The van der Waals surface area contributed by atoms with Crippen LogP contribution in [0, 0.1) is 5.92 Å². The maximum absolute atomic E-state index is 12.0. The highest BCUT2D eigenvalue weighted by molar-refractivity contribution is 5.82. The third kappa shape index (κ3) is 2.11. The Morgan fingerprint density at radius 2 is 2.06 bits per heavy atom. The minimum atomic E-state index is 0.0472. The monoisotopic (exact) mass is 234 g/mol. The molecule has 3 heteroatoms. The van der Waals surface area contributed by atoms with Gasteiger partial charge in [0.05, 0.1) is 6.04 Å². The zero-order valence-electron chi connectivity index (χ0n) is 11.2. The molecule has 0 spiro atoms. The standard InChI is InChI=1S/C14H22N2O/c1-5-10(4)12-6-7-13-11(8-9(2)3)15-14(17)16(12)13/h6-7,9-11H,5,8H2,1-4H3,(H,15,17)/t10-,11-/m0/s1. The van der Waals surface area contributed by atoms with E-state index in [1.54, 1.807) is 0 Å². The van der Waals surface area contributed by atoms with Gasteiger partial charge in [-0.1, -0.05) is 27.7 Å². The van der Waals surface area contributed by atoms with Crippen LogP contribution in [0.25, 0.3) is 0 Å². The molecular weight excluding hydrogens is 212 g/mol. The number of hydrogen-bond donors (Lipinski definition) is 1. The SMILES string of the molecule is CC[C@H](C)c1ccc2n1C(=O)N[C@H]2CC(C)C. The maximum Gasteiger partial charge on any atom is 0.326 e. The molecule has 2 heterocycles. The van der Waals surface area contributed by atoms with Crippen molar-refractivity contribution >= 4 is 6.03 Å². The Hall–Kier alpha value is -1.25. The van der Waals surface area contributed by atoms with Crippen LogP contribution < -0.4 is 5.32 Å². The van der Waals surface area contributed by atoms with Crippen molar-refractivity contribution in [3.05, 3.63) is 23.5 Å². The summed E-state index contributed by atoms with van der Waals surface area (Å²) in [6.07, 6.45) is 2.07. The van der Waals surface area contributed by atoms with E-state index in [2.05, 4.69) is 45.1 Å². The molecule has 0 saturated carbocycles. The van der Waals surface area contributed by atoms with Gasteiger partial charge in [0.1, 0.15) is 0 Å². The number of amides is 1. The highest BCUT2D eigenvalue weighted by atomic mass is 16.2. The third-order valence-electron chi connectivity index (χ3n) is 3.62. The Morgan fingerprint density at radius 1 is 1.35 bits per heavy atom. The zero-order chi connectivity index (χ0) is 12.6. The van der Waals surface area contributed by atoms with E-state index in [0.717, 1.165) is 24.2 Å². The van der Waals surface area contributed by atoms with Crippen molar-refractivity contribution in [3.8, 4) is 0 Å². The van der Waals surface area contributed by atoms with Gasteiger partial charge in [0.2, 0.25) is 0 Å². The van der Waals surface area contributed by atoms with E-state index >= 15 is 0 Å². The molecule has 1 aromatic rings. The lowest BCUT2D eigenvalue weighted by Crippen LogP contribution is -2.23. The van der Waals surface area contributed by atoms with Crippen molar-refractivity contribution in [3.63, 3.8) is 0 Å². The quantitative estimate of drug-likeness (QED) is 0.847. The number of fused-ring (bicyclic) bond motifs is 1. The van der Waals surface area contributed by atoms with E-state index in [1.165, 1.54) is 0 Å². The molecule has 1 aliphatic rings. The predicted octanol–water partition coefficient (Wildman–Crippen LogP) is 3.66. The van der Waals surface area contributed by atoms with Crippen LogP contribution in [0.4, 0.5) is 4.79 Å². The molecule has 1 N–H and O–H groups in total. The average Bonchev–Trinajstić information content (AvgIpc) is 2.80. The van der Waals surface area contributed by atoms with Gasteiger partial charge in [-0.25, -0.2) is 4.79 Å². The lowest BCUT2D eigenvalue weighted by atomic mass is 10.0. The second kappa shape index (κ2) is 4.55. The summed E-state index contributed by atoms with van der Waals surface area (Å²) in [6.45, 7) is 8.70. The molecule has 3 nitrogen and oxygen atoms in total. The van der Waals surface area contributed by atoms with Gasteiger partial charge in [-0.3, -0.25) is 4.57 Å². The normalized spacial score (nSPS) is 20.5. The molecule has 0 unspecified atom stereocenters. The maximum atomic E-state index is 12.0. The number of carbonyl (C=O) groups excluding carboxylic acids is 1. The number of rotatable bonds is 4. The molecule has 17 heavy (non-hydrogen) atoms. The van der Waals surface area contributed by atoms with Crippen LogP contribution in [0.2, 0.25) is 0 Å². The number of carbonyl (C=O) groups is 1. The summed E-state index contributed by atoms with van der Waals surface area (Å²) in [5.41, 5.74) is 2.28. The van der Waals surface area contributed by atoms with Gasteiger partial charge in [-0.05, 0) is 36.8 Å². The minimum absolute atomic E-state index is 0.0472. The molecule has 0 fully saturated rings. The van der Waals surface area contributed by atoms with Crippen LogP contribution >= 0.6 is 0 Å². The fourth-order valence-corrected chi connectivity index (χ4v) is 2.51. The molecule has 2 atom stereocenters. The summed E-state index contributed by atoms with van der Waals surface area (Å²) in [7, 11) is 0. The molecule has 1 amide bonds. The van der Waals surface area contributed by atoms with Crippen LogP contribution in [0.1, 0.15) is 63.9 Å². The van der Waals surface area contributed by atoms with E-state index in [-0.39, 0.29) is 12.1 Å². The summed E-state index contributed by atoms with van der Waals surface area (Å²) >= 11 is 0. The Kier molecular flexibility index (Phi) is 3.27. The molecule has 0 saturated heterocycles. The van der Waals surface area contributed by atoms with E-state index in [9.17, 15) is 4.79 Å². The Morgan fingerprint density at radius 3 is 2.65 bits per heavy atom. The molecule has 0 bridgehead atoms. The first-order valence-electron chi connectivity index (χ1n) is 6.57. The zero-order valence-corrected chi connectivity index (χ0v) is 11.2. The minimum Gasteiger partial charge on any atom is -0.329 e. The second-order valence-electron chi connectivity index (χ2n) is 5.46. The Bertz CT molecular complexity index is 420. The number of hydrogen-bond acceptors (Lipinski definition) is 1. The van der Waals surface area contributed by atoms with E-state index in [1.807, 2.05) is 4.57 Å². The molecule has 0 aromatic carbocycles. The number of nitrogens with zero attached hydrogens (tertiary/aromatic N) is 1. The summed E-state index contributed by atoms with van der Waals surface area (Å²) in [4.78, 5) is 12.0. The van der Waals surface area contributed by atoms with Crippen molar-refractivity contribution in [2.75, 3.05) is 0 Å². The van der Waals surface area contributed by atoms with Gasteiger partial charge < -0.3 is 5.32 Å². The molecule has 1 aliphatic heterocycles. The second-order valence-corrected chi connectivity index (χ2v) is 5.46. The number of aromatic nitrogens is 1. The van der Waals surface area contributed by atoms with Crippen LogP contribution in [0.15, 0.2) is 12.1 Å². The van der Waals surface area contributed by atoms with Gasteiger partial charge in [0.25, 0.3) is 0 Å². The van der Waals surface area contributed by atoms with E-state index < -0.39 is 0 Å². The predicted molar refractivity (Wildman–Crippen MR) is 69.3 cm³/mol. The van der Waals surface area contributed by atoms with Gasteiger partial charge in [-0.15, -0.1) is 0 Å². The average molecular weight is 234 g/mol. The molecule has 94 valence electrons. The first-order chi connectivity index (χ1) is 8.04. The lowest BCUT2D eigenvalue weighted by molar-refractivity contribution is 0.243. The highest BCUT2D eigenvalue weighted by Crippen LogP contribution is 2.31. The van der Waals surface area contributed by atoms with E-state index in [0.29, 0.717) is 11.8 Å². The summed E-state index contributed by atoms with van der Waals surface area (Å²) in [5.74, 6) is 1.03. The fraction of sp³-hybridized carbons (Fsp3) is 0.643. The summed E-state index contributed by atoms with van der Waals surface area (Å²) in [5, 5.41) is 3.07. The van der Waals surface area contributed by atoms with Gasteiger partial charge in [0, 0.05) is 11.4 Å². The summed E-state index contributed by atoms with van der Waals surface area (Å²) in [6, 6.07) is 4.45. The van der Waals surface area contributed by atoms with Crippen molar-refractivity contribution in [2.24, 2.45) is 5.92 Å². The molecule has 0 radical (unpaired) electrons. The third-order valence-corrected chi connectivity index (χ3v) is 3.62. The Labute approximate surface area is 103 Å². The molecule has 2 rings (SSSR count). The van der Waals surface area contributed by atoms with E-state index in [4.69, 9.17) is 0 Å². The fourth-order valence-electron chi connectivity index (χ4n) is 2.51. The summed E-state index contributed by atoms with van der Waals surface area (Å²) < 4.78 is 1.88. The highest BCUT2D eigenvalue weighted by Gasteiger charge is 2.31. The van der Waals surface area contributed by atoms with Crippen molar-refractivity contribution < 1.29 is 4.79 Å². The van der Waals surface area contributed by atoms with Crippen LogP contribution in [-0.4, -0.2) is 10.6 Å². The van der Waals surface area contributed by atoms with Gasteiger partial charge in [0.15, 0.2) is 0 Å². The van der Waals surface area contributed by atoms with Crippen molar-refractivity contribution in [2.45, 2.75) is 52.5 Å². The van der Waals surface area contributed by atoms with Gasteiger partial charge in [-0.2, -0.15) is 0 Å².